The Hall–Kier alpha value is -1.81. The minimum Gasteiger partial charge on any atom is -0.481 e. The first-order valence-electron chi connectivity index (χ1n) is 5.87. The molecule has 0 bridgehead atoms. The lowest BCUT2D eigenvalue weighted by molar-refractivity contribution is -0.133. The molecule has 0 atom stereocenters. The number of carboxylic acid groups (broad SMARTS) is 1. The molecule has 10 heteroatoms. The summed E-state index contributed by atoms with van der Waals surface area (Å²) >= 11 is 4.41. The van der Waals surface area contributed by atoms with Crippen LogP contribution in [0.25, 0.3) is 11.2 Å². The van der Waals surface area contributed by atoms with Gasteiger partial charge in [-0.25, -0.2) is 14.8 Å². The van der Waals surface area contributed by atoms with Gasteiger partial charge in [0.2, 0.25) is 0 Å². The highest BCUT2D eigenvalue weighted by Gasteiger charge is 2.14. The van der Waals surface area contributed by atoms with Gasteiger partial charge >= 0.3 is 12.0 Å². The van der Waals surface area contributed by atoms with Crippen molar-refractivity contribution in [3.05, 3.63) is 16.7 Å². The molecule has 21 heavy (non-hydrogen) atoms. The van der Waals surface area contributed by atoms with Crippen LogP contribution in [0.15, 0.2) is 21.9 Å². The number of pyridine rings is 1. The van der Waals surface area contributed by atoms with E-state index in [-0.39, 0.29) is 5.75 Å². The lowest BCUT2D eigenvalue weighted by Gasteiger charge is -2.07. The fourth-order valence-electron chi connectivity index (χ4n) is 1.69. The summed E-state index contributed by atoms with van der Waals surface area (Å²) in [6.45, 7) is 0.704. The molecule has 0 aliphatic heterocycles. The van der Waals surface area contributed by atoms with Crippen LogP contribution in [0.2, 0.25) is 0 Å². The fraction of sp³-hybridized carbons (Fsp3) is 0.273. The summed E-state index contributed by atoms with van der Waals surface area (Å²) < 4.78 is 2.54. The molecule has 0 unspecified atom stereocenters. The van der Waals surface area contributed by atoms with Gasteiger partial charge in [-0.15, -0.1) is 0 Å². The number of fused-ring (bicyclic) bond motifs is 1. The predicted octanol–water partition coefficient (Wildman–Crippen LogP) is 1.04. The third kappa shape index (κ3) is 4.08. The second-order valence-corrected chi connectivity index (χ2v) is 5.87. The molecular formula is C11H12BrN5O3S. The number of amides is 2. The highest BCUT2D eigenvalue weighted by molar-refractivity contribution is 9.10. The van der Waals surface area contributed by atoms with Crippen LogP contribution in [0.3, 0.4) is 0 Å². The standard InChI is InChI=1S/C11H12BrN5O3S/c12-6-3-7-9(15-4-6)17(2-1-14-10(13)20)11(16-7)21-5-8(18)19/h3-4H,1-2,5H2,(H,18,19)(H3,13,14,20). The van der Waals surface area contributed by atoms with Crippen molar-refractivity contribution in [2.45, 2.75) is 11.7 Å². The molecule has 8 nitrogen and oxygen atoms in total. The Labute approximate surface area is 132 Å². The number of urea groups is 1. The van der Waals surface area contributed by atoms with Gasteiger partial charge in [0.25, 0.3) is 0 Å². The van der Waals surface area contributed by atoms with Crippen molar-refractivity contribution in [1.82, 2.24) is 19.9 Å². The first-order chi connectivity index (χ1) is 9.97. The van der Waals surface area contributed by atoms with Gasteiger partial charge in [0.15, 0.2) is 10.8 Å². The van der Waals surface area contributed by atoms with Crippen molar-refractivity contribution in [1.29, 1.82) is 0 Å². The van der Waals surface area contributed by atoms with E-state index in [0.29, 0.717) is 29.4 Å². The molecule has 0 aromatic carbocycles. The first-order valence-corrected chi connectivity index (χ1v) is 7.65. The molecule has 2 rings (SSSR count). The van der Waals surface area contributed by atoms with Crippen LogP contribution in [-0.2, 0) is 11.3 Å². The number of aliphatic carboxylic acids is 1. The molecule has 4 N–H and O–H groups in total. The topological polar surface area (TPSA) is 123 Å². The average molecular weight is 374 g/mol. The van der Waals surface area contributed by atoms with Crippen LogP contribution < -0.4 is 11.1 Å². The Balaban J connectivity index is 2.29. The minimum atomic E-state index is -0.928. The number of nitrogens with two attached hydrogens (primary N) is 1. The lowest BCUT2D eigenvalue weighted by Crippen LogP contribution is -2.32. The molecule has 0 saturated heterocycles. The van der Waals surface area contributed by atoms with Gasteiger partial charge in [0, 0.05) is 23.8 Å². The van der Waals surface area contributed by atoms with Crippen molar-refractivity contribution in [3.8, 4) is 0 Å². The summed E-state index contributed by atoms with van der Waals surface area (Å²) in [5.41, 5.74) is 6.29. The summed E-state index contributed by atoms with van der Waals surface area (Å²) in [5, 5.41) is 11.8. The molecule has 0 saturated carbocycles. The maximum atomic E-state index is 10.7. The molecule has 0 spiro atoms. The van der Waals surface area contributed by atoms with Gasteiger partial charge < -0.3 is 20.7 Å². The first kappa shape index (κ1) is 15.6. The van der Waals surface area contributed by atoms with Crippen LogP contribution >= 0.6 is 27.7 Å². The van der Waals surface area contributed by atoms with Gasteiger partial charge in [0.05, 0.1) is 5.75 Å². The van der Waals surface area contributed by atoms with E-state index < -0.39 is 12.0 Å². The number of nitrogens with one attached hydrogen (secondary N) is 1. The number of halogens is 1. The Morgan fingerprint density at radius 1 is 1.52 bits per heavy atom. The summed E-state index contributed by atoms with van der Waals surface area (Å²) in [4.78, 5) is 30.1. The second kappa shape index (κ2) is 6.76. The number of hydrogen-bond acceptors (Lipinski definition) is 5. The van der Waals surface area contributed by atoms with E-state index in [0.717, 1.165) is 16.2 Å². The number of imidazole rings is 1. The number of aromatic nitrogens is 3. The summed E-state index contributed by atoms with van der Waals surface area (Å²) in [6.07, 6.45) is 1.63. The fourth-order valence-corrected chi connectivity index (χ4v) is 2.76. The van der Waals surface area contributed by atoms with Gasteiger partial charge in [-0.1, -0.05) is 11.8 Å². The largest absolute Gasteiger partial charge is 0.481 e. The monoisotopic (exact) mass is 373 g/mol. The van der Waals surface area contributed by atoms with E-state index in [9.17, 15) is 9.59 Å². The summed E-state index contributed by atoms with van der Waals surface area (Å²) in [6, 6.07) is 1.18. The van der Waals surface area contributed by atoms with Crippen molar-refractivity contribution < 1.29 is 14.7 Å². The SMILES string of the molecule is NC(=O)NCCn1c(SCC(=O)O)nc2cc(Br)cnc21. The molecule has 2 heterocycles. The van der Waals surface area contributed by atoms with E-state index in [1.165, 1.54) is 0 Å². The normalized spacial score (nSPS) is 10.7. The van der Waals surface area contributed by atoms with Gasteiger partial charge in [0.1, 0.15) is 5.52 Å². The van der Waals surface area contributed by atoms with E-state index >= 15 is 0 Å². The van der Waals surface area contributed by atoms with Crippen molar-refractivity contribution >= 4 is 50.9 Å². The molecule has 2 aromatic rings. The van der Waals surface area contributed by atoms with E-state index in [4.69, 9.17) is 10.8 Å². The van der Waals surface area contributed by atoms with E-state index in [1.807, 2.05) is 0 Å². The smallest absolute Gasteiger partial charge is 0.313 e. The zero-order valence-corrected chi connectivity index (χ0v) is 13.1. The molecule has 2 aromatic heterocycles. The van der Waals surface area contributed by atoms with Crippen LogP contribution in [0.1, 0.15) is 0 Å². The van der Waals surface area contributed by atoms with Crippen LogP contribution in [-0.4, -0.2) is 43.9 Å². The zero-order chi connectivity index (χ0) is 15.4. The number of carbonyl (C=O) groups excluding carboxylic acids is 1. The van der Waals surface area contributed by atoms with E-state index in [1.54, 1.807) is 16.8 Å². The van der Waals surface area contributed by atoms with Crippen molar-refractivity contribution in [2.75, 3.05) is 12.3 Å². The Morgan fingerprint density at radius 2 is 2.29 bits per heavy atom. The number of thioether (sulfide) groups is 1. The summed E-state index contributed by atoms with van der Waals surface area (Å²) in [7, 11) is 0. The quantitative estimate of drug-likeness (QED) is 0.650. The lowest BCUT2D eigenvalue weighted by atomic mass is 10.4. The third-order valence-electron chi connectivity index (χ3n) is 2.48. The maximum Gasteiger partial charge on any atom is 0.313 e. The number of nitrogens with zero attached hydrogens (tertiary/aromatic N) is 3. The van der Waals surface area contributed by atoms with E-state index in [2.05, 4.69) is 31.2 Å². The zero-order valence-electron chi connectivity index (χ0n) is 10.7. The Morgan fingerprint density at radius 3 is 2.95 bits per heavy atom. The van der Waals surface area contributed by atoms with Crippen LogP contribution in [0.4, 0.5) is 4.79 Å². The van der Waals surface area contributed by atoms with Gasteiger partial charge in [-0.05, 0) is 22.0 Å². The molecule has 0 radical (unpaired) electrons. The highest BCUT2D eigenvalue weighted by atomic mass is 79.9. The van der Waals surface area contributed by atoms with Gasteiger partial charge in [-0.2, -0.15) is 0 Å². The molecule has 0 aliphatic carbocycles. The summed E-state index contributed by atoms with van der Waals surface area (Å²) in [5.74, 6) is -1.03. The second-order valence-electron chi connectivity index (χ2n) is 4.02. The van der Waals surface area contributed by atoms with Crippen molar-refractivity contribution in [2.24, 2.45) is 5.73 Å². The predicted molar refractivity (Wildman–Crippen MR) is 81.2 cm³/mol. The average Bonchev–Trinajstić information content (AvgIpc) is 2.73. The van der Waals surface area contributed by atoms with Gasteiger partial charge in [-0.3, -0.25) is 4.79 Å². The number of hydrogen-bond donors (Lipinski definition) is 3. The number of primary amides is 1. The molecular weight excluding hydrogens is 362 g/mol. The number of rotatable bonds is 6. The molecule has 0 fully saturated rings. The third-order valence-corrected chi connectivity index (χ3v) is 3.87. The maximum absolute atomic E-state index is 10.7. The number of carboxylic acids is 1. The molecule has 0 aliphatic rings. The van der Waals surface area contributed by atoms with Crippen LogP contribution in [0, 0.1) is 0 Å². The molecule has 112 valence electrons. The van der Waals surface area contributed by atoms with Crippen LogP contribution in [0.5, 0.6) is 0 Å². The molecule has 2 amide bonds. The van der Waals surface area contributed by atoms with Crippen molar-refractivity contribution in [3.63, 3.8) is 0 Å². The Bertz CT molecular complexity index is 690. The Kier molecular flexibility index (Phi) is 5.02. The minimum absolute atomic E-state index is 0.103. The highest BCUT2D eigenvalue weighted by Crippen LogP contribution is 2.24. The number of carbonyl (C=O) groups is 2.